The molecule has 2 aromatic carbocycles. The fourth-order valence-electron chi connectivity index (χ4n) is 3.79. The molecule has 2 heterocycles. The van der Waals surface area contributed by atoms with Crippen LogP contribution in [-0.2, 0) is 16.1 Å². The molecule has 174 valence electrons. The molecule has 1 amide bonds. The third-order valence-electron chi connectivity index (χ3n) is 5.67. The highest BCUT2D eigenvalue weighted by Crippen LogP contribution is 2.28. The lowest BCUT2D eigenvalue weighted by Gasteiger charge is -2.28. The molecule has 0 saturated carbocycles. The van der Waals surface area contributed by atoms with Crippen LogP contribution in [0.5, 0.6) is 0 Å². The summed E-state index contributed by atoms with van der Waals surface area (Å²) in [7, 11) is 0. The summed E-state index contributed by atoms with van der Waals surface area (Å²) < 4.78 is 7.57. The topological polar surface area (TPSA) is 63.5 Å². The number of thioether (sulfide) groups is 1. The molecule has 3 aromatic rings. The van der Waals surface area contributed by atoms with Crippen molar-refractivity contribution in [2.24, 2.45) is 0 Å². The first-order valence-corrected chi connectivity index (χ1v) is 12.3. The zero-order valence-electron chi connectivity index (χ0n) is 19.5. The fraction of sp³-hybridized carbons (Fsp3) is 0.400. The molecular formula is C25H31N5O2S. The monoisotopic (exact) mass is 465 g/mol. The maximum Gasteiger partial charge on any atom is 0.233 e. The van der Waals surface area contributed by atoms with Gasteiger partial charge in [-0.2, -0.15) is 0 Å². The average molecular weight is 466 g/mol. The van der Waals surface area contributed by atoms with Crippen LogP contribution in [0, 0.1) is 6.92 Å². The Hall–Kier alpha value is -2.84. The Morgan fingerprint density at radius 2 is 1.76 bits per heavy atom. The molecule has 1 aliphatic rings. The van der Waals surface area contributed by atoms with Gasteiger partial charge in [0.05, 0.1) is 24.7 Å². The molecule has 1 fully saturated rings. The van der Waals surface area contributed by atoms with E-state index in [-0.39, 0.29) is 11.9 Å². The average Bonchev–Trinajstić information content (AvgIpc) is 3.26. The van der Waals surface area contributed by atoms with Crippen molar-refractivity contribution in [3.05, 3.63) is 65.7 Å². The second kappa shape index (κ2) is 10.9. The van der Waals surface area contributed by atoms with E-state index in [9.17, 15) is 4.79 Å². The van der Waals surface area contributed by atoms with Gasteiger partial charge in [0, 0.05) is 25.7 Å². The molecule has 7 nitrogen and oxygen atoms in total. The highest BCUT2D eigenvalue weighted by Gasteiger charge is 2.24. The molecule has 4 rings (SSSR count). The molecule has 0 unspecified atom stereocenters. The summed E-state index contributed by atoms with van der Waals surface area (Å²) in [5.41, 5.74) is 3.31. The number of hydrogen-bond donors (Lipinski definition) is 0. The van der Waals surface area contributed by atoms with Crippen LogP contribution in [0.25, 0.3) is 5.69 Å². The molecule has 0 bridgehead atoms. The van der Waals surface area contributed by atoms with Gasteiger partial charge in [-0.15, -0.1) is 10.2 Å². The van der Waals surface area contributed by atoms with Crippen molar-refractivity contribution < 1.29 is 9.53 Å². The lowest BCUT2D eigenvalue weighted by molar-refractivity contribution is -0.130. The zero-order chi connectivity index (χ0) is 23.2. The van der Waals surface area contributed by atoms with E-state index in [1.165, 1.54) is 17.3 Å². The van der Waals surface area contributed by atoms with E-state index < -0.39 is 0 Å². The number of carbonyl (C=O) groups is 1. The number of aryl methyl sites for hydroxylation is 1. The Kier molecular flexibility index (Phi) is 7.67. The first-order valence-electron chi connectivity index (χ1n) is 11.3. The van der Waals surface area contributed by atoms with Gasteiger partial charge >= 0.3 is 0 Å². The van der Waals surface area contributed by atoms with Gasteiger partial charge < -0.3 is 14.5 Å². The molecule has 8 heteroatoms. The highest BCUT2D eigenvalue weighted by molar-refractivity contribution is 7.99. The number of carbonyl (C=O) groups excluding carboxylic acids is 1. The van der Waals surface area contributed by atoms with E-state index >= 15 is 0 Å². The molecule has 33 heavy (non-hydrogen) atoms. The molecule has 1 aromatic heterocycles. The largest absolute Gasteiger partial charge is 0.378 e. The zero-order valence-corrected chi connectivity index (χ0v) is 20.3. The van der Waals surface area contributed by atoms with E-state index in [1.807, 2.05) is 23.1 Å². The van der Waals surface area contributed by atoms with E-state index in [4.69, 9.17) is 4.74 Å². The summed E-state index contributed by atoms with van der Waals surface area (Å²) >= 11 is 1.44. The van der Waals surface area contributed by atoms with E-state index in [0.717, 1.165) is 35.4 Å². The van der Waals surface area contributed by atoms with Crippen molar-refractivity contribution in [2.45, 2.75) is 38.5 Å². The number of morpholine rings is 1. The van der Waals surface area contributed by atoms with Crippen LogP contribution in [0.4, 0.5) is 5.95 Å². The first kappa shape index (κ1) is 23.3. The number of hydrogen-bond acceptors (Lipinski definition) is 6. The Bertz CT molecular complexity index is 1050. The van der Waals surface area contributed by atoms with Crippen LogP contribution < -0.4 is 4.90 Å². The second-order valence-electron chi connectivity index (χ2n) is 8.44. The summed E-state index contributed by atoms with van der Waals surface area (Å²) in [4.78, 5) is 17.3. The SMILES string of the molecule is Cc1ccc(-n2c(SCC(=O)N(Cc3ccccc3)C(C)C)nnc2N2CCOCC2)cc1. The van der Waals surface area contributed by atoms with Gasteiger partial charge in [-0.3, -0.25) is 9.36 Å². The minimum absolute atomic E-state index is 0.0882. The number of benzene rings is 2. The van der Waals surface area contributed by atoms with Gasteiger partial charge in [0.25, 0.3) is 0 Å². The van der Waals surface area contributed by atoms with Crippen molar-refractivity contribution >= 4 is 23.6 Å². The van der Waals surface area contributed by atoms with Crippen molar-refractivity contribution in [1.82, 2.24) is 19.7 Å². The Balaban J connectivity index is 1.55. The van der Waals surface area contributed by atoms with Gasteiger partial charge in [0.15, 0.2) is 5.16 Å². The van der Waals surface area contributed by atoms with Crippen LogP contribution in [0.3, 0.4) is 0 Å². The molecular weight excluding hydrogens is 434 g/mol. The maximum absolute atomic E-state index is 13.2. The quantitative estimate of drug-likeness (QED) is 0.470. The van der Waals surface area contributed by atoms with E-state index in [0.29, 0.717) is 25.5 Å². The second-order valence-corrected chi connectivity index (χ2v) is 9.39. The summed E-state index contributed by atoms with van der Waals surface area (Å²) in [6.07, 6.45) is 0. The lowest BCUT2D eigenvalue weighted by Crippen LogP contribution is -2.38. The number of amides is 1. The van der Waals surface area contributed by atoms with Gasteiger partial charge in [0.1, 0.15) is 0 Å². The number of rotatable bonds is 8. The van der Waals surface area contributed by atoms with Crippen LogP contribution in [-0.4, -0.2) is 63.7 Å². The molecule has 1 saturated heterocycles. The third kappa shape index (κ3) is 5.75. The standard InChI is InChI=1S/C25H31N5O2S/c1-19(2)29(17-21-7-5-4-6-8-21)23(31)18-33-25-27-26-24(28-13-15-32-16-14-28)30(25)22-11-9-20(3)10-12-22/h4-12,19H,13-18H2,1-3H3. The number of anilines is 1. The first-order chi connectivity index (χ1) is 16.0. The third-order valence-corrected chi connectivity index (χ3v) is 6.58. The van der Waals surface area contributed by atoms with Crippen LogP contribution in [0.1, 0.15) is 25.0 Å². The Morgan fingerprint density at radius 3 is 2.42 bits per heavy atom. The maximum atomic E-state index is 13.2. The Morgan fingerprint density at radius 1 is 1.06 bits per heavy atom. The molecule has 0 radical (unpaired) electrons. The molecule has 1 aliphatic heterocycles. The molecule has 0 spiro atoms. The van der Waals surface area contributed by atoms with E-state index in [2.05, 4.69) is 76.8 Å². The predicted molar refractivity (Wildman–Crippen MR) is 132 cm³/mol. The van der Waals surface area contributed by atoms with Gasteiger partial charge in [0.2, 0.25) is 11.9 Å². The van der Waals surface area contributed by atoms with Crippen molar-refractivity contribution in [3.8, 4) is 5.69 Å². The molecule has 0 aliphatic carbocycles. The number of aromatic nitrogens is 3. The summed E-state index contributed by atoms with van der Waals surface area (Å²) in [6, 6.07) is 18.5. The summed E-state index contributed by atoms with van der Waals surface area (Å²) in [5.74, 6) is 1.19. The van der Waals surface area contributed by atoms with Crippen molar-refractivity contribution in [2.75, 3.05) is 37.0 Å². The van der Waals surface area contributed by atoms with Gasteiger partial charge in [-0.1, -0.05) is 59.8 Å². The smallest absolute Gasteiger partial charge is 0.233 e. The van der Waals surface area contributed by atoms with Gasteiger partial charge in [-0.25, -0.2) is 0 Å². The molecule has 0 atom stereocenters. The number of ether oxygens (including phenoxy) is 1. The van der Waals surface area contributed by atoms with E-state index in [1.54, 1.807) is 0 Å². The summed E-state index contributed by atoms with van der Waals surface area (Å²) in [5, 5.41) is 9.69. The van der Waals surface area contributed by atoms with Crippen molar-refractivity contribution in [3.63, 3.8) is 0 Å². The Labute approximate surface area is 199 Å². The summed E-state index contributed by atoms with van der Waals surface area (Å²) in [6.45, 7) is 9.66. The van der Waals surface area contributed by atoms with Crippen LogP contribution in [0.15, 0.2) is 59.8 Å². The normalized spacial score (nSPS) is 14.0. The minimum Gasteiger partial charge on any atom is -0.378 e. The van der Waals surface area contributed by atoms with Crippen LogP contribution >= 0.6 is 11.8 Å². The molecule has 0 N–H and O–H groups in total. The predicted octanol–water partition coefficient (Wildman–Crippen LogP) is 3.94. The van der Waals surface area contributed by atoms with Gasteiger partial charge in [-0.05, 0) is 38.5 Å². The fourth-order valence-corrected chi connectivity index (χ4v) is 4.62. The lowest BCUT2D eigenvalue weighted by atomic mass is 10.2. The van der Waals surface area contributed by atoms with Crippen LogP contribution in [0.2, 0.25) is 0 Å². The minimum atomic E-state index is 0.0882. The number of nitrogens with zero attached hydrogens (tertiary/aromatic N) is 5. The van der Waals surface area contributed by atoms with Crippen molar-refractivity contribution in [1.29, 1.82) is 0 Å². The highest BCUT2D eigenvalue weighted by atomic mass is 32.2.